The fourth-order valence-electron chi connectivity index (χ4n) is 2.26. The number of nitrogens with two attached hydrogens (primary N) is 1. The van der Waals surface area contributed by atoms with E-state index in [1.165, 1.54) is 11.9 Å². The minimum Gasteiger partial charge on any atom is -0.481 e. The maximum absolute atomic E-state index is 11.8. The molecule has 1 aliphatic carbocycles. The van der Waals surface area contributed by atoms with Crippen molar-refractivity contribution in [3.63, 3.8) is 0 Å². The number of carboxylic acids is 1. The zero-order chi connectivity index (χ0) is 13.1. The van der Waals surface area contributed by atoms with Crippen LogP contribution in [0.1, 0.15) is 32.1 Å². The summed E-state index contributed by atoms with van der Waals surface area (Å²) in [6.45, 7) is -0.172. The van der Waals surface area contributed by atoms with Crippen molar-refractivity contribution in [1.82, 2.24) is 4.90 Å². The Morgan fingerprint density at radius 3 is 2.24 bits per heavy atom. The quantitative estimate of drug-likeness (QED) is 0.706. The van der Waals surface area contributed by atoms with Crippen LogP contribution >= 0.6 is 0 Å². The Kier molecular flexibility index (Phi) is 4.09. The van der Waals surface area contributed by atoms with Gasteiger partial charge in [-0.25, -0.2) is 0 Å². The first-order valence-electron chi connectivity index (χ1n) is 5.63. The highest BCUT2D eigenvalue weighted by Crippen LogP contribution is 2.41. The molecule has 0 unspecified atom stereocenters. The van der Waals surface area contributed by atoms with Crippen molar-refractivity contribution in [1.29, 1.82) is 0 Å². The second-order valence-corrected chi connectivity index (χ2v) is 4.69. The van der Waals surface area contributed by atoms with E-state index < -0.39 is 17.3 Å². The standard InChI is InChI=1S/C11H18N2O4/c1-13(7-8(12)14)9(15)6-11(10(16)17)4-2-3-5-11/h2-7H2,1H3,(H2,12,14)(H,16,17). The fraction of sp³-hybridized carbons (Fsp3) is 0.727. The Balaban J connectivity index is 2.65. The molecule has 0 radical (unpaired) electrons. The molecule has 0 spiro atoms. The highest BCUT2D eigenvalue weighted by Gasteiger charge is 2.43. The number of carbonyl (C=O) groups excluding carboxylic acids is 2. The summed E-state index contributed by atoms with van der Waals surface area (Å²) in [6, 6.07) is 0. The molecular weight excluding hydrogens is 224 g/mol. The van der Waals surface area contributed by atoms with Gasteiger partial charge < -0.3 is 15.7 Å². The fourth-order valence-corrected chi connectivity index (χ4v) is 2.26. The lowest BCUT2D eigenvalue weighted by Crippen LogP contribution is -2.40. The van der Waals surface area contributed by atoms with Crippen LogP contribution in [-0.4, -0.2) is 41.4 Å². The summed E-state index contributed by atoms with van der Waals surface area (Å²) < 4.78 is 0. The molecule has 0 aromatic heterocycles. The van der Waals surface area contributed by atoms with E-state index in [1.807, 2.05) is 0 Å². The molecule has 0 atom stereocenters. The van der Waals surface area contributed by atoms with Gasteiger partial charge in [0.25, 0.3) is 0 Å². The van der Waals surface area contributed by atoms with Crippen molar-refractivity contribution in [3.8, 4) is 0 Å². The molecule has 0 aromatic rings. The van der Waals surface area contributed by atoms with Crippen LogP contribution in [0.15, 0.2) is 0 Å². The maximum Gasteiger partial charge on any atom is 0.310 e. The average Bonchev–Trinajstić information content (AvgIpc) is 2.66. The van der Waals surface area contributed by atoms with E-state index in [4.69, 9.17) is 5.73 Å². The predicted octanol–water partition coefficient (Wildman–Crippen LogP) is -0.0348. The highest BCUT2D eigenvalue weighted by molar-refractivity contribution is 5.87. The van der Waals surface area contributed by atoms with Crippen molar-refractivity contribution in [3.05, 3.63) is 0 Å². The third kappa shape index (κ3) is 3.18. The van der Waals surface area contributed by atoms with Crippen molar-refractivity contribution >= 4 is 17.8 Å². The van der Waals surface area contributed by atoms with Gasteiger partial charge in [-0.1, -0.05) is 12.8 Å². The van der Waals surface area contributed by atoms with Crippen LogP contribution < -0.4 is 5.73 Å². The zero-order valence-electron chi connectivity index (χ0n) is 9.94. The van der Waals surface area contributed by atoms with Crippen LogP contribution in [0.3, 0.4) is 0 Å². The average molecular weight is 242 g/mol. The van der Waals surface area contributed by atoms with Crippen LogP contribution in [0.2, 0.25) is 0 Å². The number of hydrogen-bond acceptors (Lipinski definition) is 3. The Labute approximate surface area is 99.8 Å². The second-order valence-electron chi connectivity index (χ2n) is 4.69. The molecule has 0 aliphatic heterocycles. The van der Waals surface area contributed by atoms with E-state index in [-0.39, 0.29) is 18.9 Å². The number of carboxylic acid groups (broad SMARTS) is 1. The summed E-state index contributed by atoms with van der Waals surface area (Å²) >= 11 is 0. The van der Waals surface area contributed by atoms with Crippen molar-refractivity contribution < 1.29 is 19.5 Å². The summed E-state index contributed by atoms with van der Waals surface area (Å²) in [6.07, 6.45) is 2.67. The summed E-state index contributed by atoms with van der Waals surface area (Å²) in [5.41, 5.74) is 4.04. The molecule has 0 saturated heterocycles. The highest BCUT2D eigenvalue weighted by atomic mass is 16.4. The van der Waals surface area contributed by atoms with E-state index >= 15 is 0 Å². The lowest BCUT2D eigenvalue weighted by Gasteiger charge is -2.25. The maximum atomic E-state index is 11.8. The predicted molar refractivity (Wildman–Crippen MR) is 60.0 cm³/mol. The number of hydrogen-bond donors (Lipinski definition) is 2. The van der Waals surface area contributed by atoms with Crippen LogP contribution in [0.4, 0.5) is 0 Å². The molecule has 96 valence electrons. The SMILES string of the molecule is CN(CC(N)=O)C(=O)CC1(C(=O)O)CCCC1. The molecule has 6 nitrogen and oxygen atoms in total. The Hall–Kier alpha value is -1.59. The smallest absolute Gasteiger partial charge is 0.310 e. The number of primary amides is 1. The first-order chi connectivity index (χ1) is 7.87. The lowest BCUT2D eigenvalue weighted by molar-refractivity contribution is -0.153. The summed E-state index contributed by atoms with van der Waals surface area (Å²) in [5, 5.41) is 9.21. The van der Waals surface area contributed by atoms with E-state index in [0.717, 1.165) is 12.8 Å². The zero-order valence-corrected chi connectivity index (χ0v) is 9.94. The van der Waals surface area contributed by atoms with Crippen molar-refractivity contribution in [2.24, 2.45) is 11.1 Å². The van der Waals surface area contributed by atoms with E-state index in [2.05, 4.69) is 0 Å². The monoisotopic (exact) mass is 242 g/mol. The molecule has 17 heavy (non-hydrogen) atoms. The number of rotatable bonds is 5. The Morgan fingerprint density at radius 1 is 1.29 bits per heavy atom. The molecule has 6 heteroatoms. The molecule has 2 amide bonds. The van der Waals surface area contributed by atoms with Gasteiger partial charge in [-0.3, -0.25) is 14.4 Å². The van der Waals surface area contributed by atoms with Crippen LogP contribution in [-0.2, 0) is 14.4 Å². The summed E-state index contributed by atoms with van der Waals surface area (Å²) in [7, 11) is 1.46. The molecule has 0 bridgehead atoms. The largest absolute Gasteiger partial charge is 0.481 e. The van der Waals surface area contributed by atoms with Crippen LogP contribution in [0, 0.1) is 5.41 Å². The number of likely N-dealkylation sites (N-methyl/N-ethyl adjacent to an activating group) is 1. The number of carbonyl (C=O) groups is 3. The molecular formula is C11H18N2O4. The molecule has 1 saturated carbocycles. The number of amides is 2. The van der Waals surface area contributed by atoms with Crippen molar-refractivity contribution in [2.45, 2.75) is 32.1 Å². The van der Waals surface area contributed by atoms with Gasteiger partial charge in [0.05, 0.1) is 12.0 Å². The second kappa shape index (κ2) is 5.16. The first-order valence-corrected chi connectivity index (χ1v) is 5.63. The molecule has 0 aromatic carbocycles. The normalized spacial score (nSPS) is 17.7. The number of nitrogens with zero attached hydrogens (tertiary/aromatic N) is 1. The molecule has 1 rings (SSSR count). The third-order valence-electron chi connectivity index (χ3n) is 3.32. The van der Waals surface area contributed by atoms with Gasteiger partial charge in [0.15, 0.2) is 0 Å². The van der Waals surface area contributed by atoms with Gasteiger partial charge in [-0.05, 0) is 12.8 Å². The van der Waals surface area contributed by atoms with Crippen LogP contribution in [0.5, 0.6) is 0 Å². The van der Waals surface area contributed by atoms with Gasteiger partial charge in [-0.15, -0.1) is 0 Å². The minimum absolute atomic E-state index is 0.0495. The van der Waals surface area contributed by atoms with Gasteiger partial charge in [-0.2, -0.15) is 0 Å². The Bertz CT molecular complexity index is 334. The molecule has 1 fully saturated rings. The Morgan fingerprint density at radius 2 is 1.82 bits per heavy atom. The van der Waals surface area contributed by atoms with Gasteiger partial charge in [0.1, 0.15) is 0 Å². The van der Waals surface area contributed by atoms with E-state index in [0.29, 0.717) is 12.8 Å². The lowest BCUT2D eigenvalue weighted by atomic mass is 9.82. The summed E-state index contributed by atoms with van der Waals surface area (Å²) in [5.74, 6) is -1.86. The minimum atomic E-state index is -0.941. The third-order valence-corrected chi connectivity index (χ3v) is 3.32. The topological polar surface area (TPSA) is 101 Å². The molecule has 1 aliphatic rings. The first kappa shape index (κ1) is 13.5. The molecule has 3 N–H and O–H groups in total. The van der Waals surface area contributed by atoms with E-state index in [1.54, 1.807) is 0 Å². The van der Waals surface area contributed by atoms with Gasteiger partial charge >= 0.3 is 5.97 Å². The molecule has 0 heterocycles. The number of aliphatic carboxylic acids is 1. The van der Waals surface area contributed by atoms with Crippen LogP contribution in [0.25, 0.3) is 0 Å². The van der Waals surface area contributed by atoms with Gasteiger partial charge in [0.2, 0.25) is 11.8 Å². The van der Waals surface area contributed by atoms with Crippen molar-refractivity contribution in [2.75, 3.05) is 13.6 Å². The summed E-state index contributed by atoms with van der Waals surface area (Å²) in [4.78, 5) is 34.9. The van der Waals surface area contributed by atoms with Gasteiger partial charge in [0, 0.05) is 13.5 Å². The van der Waals surface area contributed by atoms with E-state index in [9.17, 15) is 19.5 Å².